The number of carbonyl (C=O) groups excluding carboxylic acids is 2. The van der Waals surface area contributed by atoms with E-state index < -0.39 is 6.04 Å². The van der Waals surface area contributed by atoms with Crippen molar-refractivity contribution >= 4 is 46.8 Å². The van der Waals surface area contributed by atoms with Crippen molar-refractivity contribution in [2.24, 2.45) is 0 Å². The van der Waals surface area contributed by atoms with Gasteiger partial charge in [0.25, 0.3) is 0 Å². The molecule has 1 N–H and O–H groups in total. The summed E-state index contributed by atoms with van der Waals surface area (Å²) in [4.78, 5) is 27.9. The lowest BCUT2D eigenvalue weighted by atomic mass is 9.95. The molecule has 1 saturated carbocycles. The summed E-state index contributed by atoms with van der Waals surface area (Å²) in [5, 5.41) is 4.18. The number of thioether (sulfide) groups is 1. The standard InChI is InChI=1S/C25H30Cl2N2O2S/c1-18(25(31)28-22-10-6-3-7-11-22)29(15-20-12-13-21(26)14-23(20)27)24(30)17-32-16-19-8-4-2-5-9-19/h2,4-5,8-9,12-14,18,22H,3,6-7,10-11,15-17H2,1H3,(H,28,31). The van der Waals surface area contributed by atoms with Gasteiger partial charge in [0.15, 0.2) is 0 Å². The fourth-order valence-electron chi connectivity index (χ4n) is 3.90. The minimum Gasteiger partial charge on any atom is -0.352 e. The molecular formula is C25H30Cl2N2O2S. The number of carbonyl (C=O) groups is 2. The number of hydrogen-bond acceptors (Lipinski definition) is 3. The Morgan fingerprint density at radius 1 is 1.09 bits per heavy atom. The van der Waals surface area contributed by atoms with E-state index in [-0.39, 0.29) is 24.4 Å². The van der Waals surface area contributed by atoms with E-state index in [9.17, 15) is 9.59 Å². The third kappa shape index (κ3) is 7.43. The first-order valence-corrected chi connectivity index (χ1v) is 13.0. The quantitative estimate of drug-likeness (QED) is 0.460. The Morgan fingerprint density at radius 3 is 2.50 bits per heavy atom. The van der Waals surface area contributed by atoms with Crippen LogP contribution in [0.3, 0.4) is 0 Å². The number of halogens is 2. The number of hydrogen-bond donors (Lipinski definition) is 1. The van der Waals surface area contributed by atoms with Crippen molar-refractivity contribution in [2.45, 2.75) is 63.4 Å². The van der Waals surface area contributed by atoms with Crippen LogP contribution in [0.2, 0.25) is 10.0 Å². The zero-order valence-electron chi connectivity index (χ0n) is 18.4. The van der Waals surface area contributed by atoms with Crippen molar-refractivity contribution in [1.82, 2.24) is 10.2 Å². The average molecular weight is 494 g/mol. The lowest BCUT2D eigenvalue weighted by Gasteiger charge is -2.31. The average Bonchev–Trinajstić information content (AvgIpc) is 2.79. The van der Waals surface area contributed by atoms with Crippen LogP contribution in [0.1, 0.15) is 50.2 Å². The lowest BCUT2D eigenvalue weighted by Crippen LogP contribution is -2.50. The predicted octanol–water partition coefficient (Wildman–Crippen LogP) is 6.09. The second kappa shape index (κ2) is 12.5. The summed E-state index contributed by atoms with van der Waals surface area (Å²) in [5.41, 5.74) is 1.94. The molecule has 1 unspecified atom stereocenters. The first-order valence-electron chi connectivity index (χ1n) is 11.1. The van der Waals surface area contributed by atoms with Gasteiger partial charge in [-0.25, -0.2) is 0 Å². The van der Waals surface area contributed by atoms with E-state index in [0.717, 1.165) is 37.0 Å². The van der Waals surface area contributed by atoms with Crippen LogP contribution in [-0.2, 0) is 21.9 Å². The number of nitrogens with one attached hydrogen (secondary N) is 1. The van der Waals surface area contributed by atoms with E-state index in [2.05, 4.69) is 5.32 Å². The van der Waals surface area contributed by atoms with Gasteiger partial charge in [0.2, 0.25) is 11.8 Å². The molecule has 3 rings (SSSR count). The largest absolute Gasteiger partial charge is 0.352 e. The molecule has 1 atom stereocenters. The van der Waals surface area contributed by atoms with Gasteiger partial charge < -0.3 is 10.2 Å². The van der Waals surface area contributed by atoms with E-state index in [4.69, 9.17) is 23.2 Å². The van der Waals surface area contributed by atoms with Crippen LogP contribution in [0, 0.1) is 0 Å². The topological polar surface area (TPSA) is 49.4 Å². The second-order valence-corrected chi connectivity index (χ2v) is 10.1. The second-order valence-electron chi connectivity index (χ2n) is 8.26. The van der Waals surface area contributed by atoms with Crippen LogP contribution in [0.25, 0.3) is 0 Å². The molecule has 0 radical (unpaired) electrons. The van der Waals surface area contributed by atoms with Crippen molar-refractivity contribution in [3.63, 3.8) is 0 Å². The summed E-state index contributed by atoms with van der Waals surface area (Å²) < 4.78 is 0. The summed E-state index contributed by atoms with van der Waals surface area (Å²) in [6, 6.07) is 14.9. The van der Waals surface area contributed by atoms with Crippen molar-refractivity contribution in [3.8, 4) is 0 Å². The summed E-state index contributed by atoms with van der Waals surface area (Å²) in [6.45, 7) is 2.06. The molecule has 7 heteroatoms. The van der Waals surface area contributed by atoms with Crippen molar-refractivity contribution in [2.75, 3.05) is 5.75 Å². The molecule has 0 saturated heterocycles. The van der Waals surface area contributed by atoms with Gasteiger partial charge in [-0.05, 0) is 43.0 Å². The summed E-state index contributed by atoms with van der Waals surface area (Å²) in [6.07, 6.45) is 5.50. The van der Waals surface area contributed by atoms with Gasteiger partial charge >= 0.3 is 0 Å². The SMILES string of the molecule is CC(C(=O)NC1CCCCC1)N(Cc1ccc(Cl)cc1Cl)C(=O)CSCc1ccccc1. The fraction of sp³-hybridized carbons (Fsp3) is 0.440. The molecule has 0 spiro atoms. The number of nitrogens with zero attached hydrogens (tertiary/aromatic N) is 1. The Bertz CT molecular complexity index is 904. The van der Waals surface area contributed by atoms with E-state index in [1.165, 1.54) is 12.0 Å². The summed E-state index contributed by atoms with van der Waals surface area (Å²) in [7, 11) is 0. The highest BCUT2D eigenvalue weighted by atomic mass is 35.5. The Hall–Kier alpha value is -1.69. The van der Waals surface area contributed by atoms with Gasteiger partial charge in [-0.2, -0.15) is 0 Å². The van der Waals surface area contributed by atoms with Crippen LogP contribution in [0.5, 0.6) is 0 Å². The fourth-order valence-corrected chi connectivity index (χ4v) is 5.24. The lowest BCUT2D eigenvalue weighted by molar-refractivity contribution is -0.139. The monoisotopic (exact) mass is 492 g/mol. The molecule has 0 aromatic heterocycles. The highest BCUT2D eigenvalue weighted by Gasteiger charge is 2.28. The van der Waals surface area contributed by atoms with Gasteiger partial charge in [-0.1, -0.05) is 78.9 Å². The maximum absolute atomic E-state index is 13.2. The zero-order valence-corrected chi connectivity index (χ0v) is 20.7. The maximum Gasteiger partial charge on any atom is 0.242 e. The van der Waals surface area contributed by atoms with Crippen LogP contribution in [0.15, 0.2) is 48.5 Å². The van der Waals surface area contributed by atoms with E-state index in [1.54, 1.807) is 35.7 Å². The molecule has 1 aliphatic carbocycles. The van der Waals surface area contributed by atoms with Crippen LogP contribution >= 0.6 is 35.0 Å². The Labute approximate surface area is 205 Å². The maximum atomic E-state index is 13.2. The van der Waals surface area contributed by atoms with Gasteiger partial charge in [0.05, 0.1) is 5.75 Å². The number of benzene rings is 2. The third-order valence-electron chi connectivity index (χ3n) is 5.81. The van der Waals surface area contributed by atoms with Crippen LogP contribution < -0.4 is 5.32 Å². The molecule has 1 aliphatic rings. The molecule has 4 nitrogen and oxygen atoms in total. The van der Waals surface area contributed by atoms with Crippen LogP contribution in [0.4, 0.5) is 0 Å². The summed E-state index contributed by atoms with van der Waals surface area (Å²) in [5.74, 6) is 0.845. The molecule has 2 aromatic carbocycles. The predicted molar refractivity (Wildman–Crippen MR) is 134 cm³/mol. The van der Waals surface area contributed by atoms with E-state index in [1.807, 2.05) is 36.4 Å². The molecule has 172 valence electrons. The van der Waals surface area contributed by atoms with Gasteiger partial charge in [0, 0.05) is 28.4 Å². The minimum atomic E-state index is -0.589. The van der Waals surface area contributed by atoms with E-state index in [0.29, 0.717) is 15.8 Å². The molecular weight excluding hydrogens is 463 g/mol. The summed E-state index contributed by atoms with van der Waals surface area (Å²) >= 11 is 14.0. The highest BCUT2D eigenvalue weighted by Crippen LogP contribution is 2.24. The first kappa shape index (κ1) is 24.9. The smallest absolute Gasteiger partial charge is 0.242 e. The van der Waals surface area contributed by atoms with Gasteiger partial charge in [0.1, 0.15) is 6.04 Å². The Morgan fingerprint density at radius 2 is 1.81 bits per heavy atom. The van der Waals surface area contributed by atoms with E-state index >= 15 is 0 Å². The Balaban J connectivity index is 1.68. The number of amides is 2. The van der Waals surface area contributed by atoms with Gasteiger partial charge in [-0.3, -0.25) is 9.59 Å². The minimum absolute atomic E-state index is 0.0803. The zero-order chi connectivity index (χ0) is 22.9. The molecule has 32 heavy (non-hydrogen) atoms. The van der Waals surface area contributed by atoms with Gasteiger partial charge in [-0.15, -0.1) is 11.8 Å². The van der Waals surface area contributed by atoms with Crippen molar-refractivity contribution < 1.29 is 9.59 Å². The van der Waals surface area contributed by atoms with Crippen molar-refractivity contribution in [3.05, 3.63) is 69.7 Å². The number of rotatable bonds is 9. The molecule has 0 bridgehead atoms. The first-order chi connectivity index (χ1) is 15.4. The molecule has 1 fully saturated rings. The third-order valence-corrected chi connectivity index (χ3v) is 7.39. The highest BCUT2D eigenvalue weighted by molar-refractivity contribution is 7.99. The molecule has 2 amide bonds. The Kier molecular flexibility index (Phi) is 9.76. The molecule has 2 aromatic rings. The normalized spacial score (nSPS) is 15.2. The van der Waals surface area contributed by atoms with Crippen molar-refractivity contribution in [1.29, 1.82) is 0 Å². The molecule has 0 aliphatic heterocycles. The van der Waals surface area contributed by atoms with Crippen LogP contribution in [-0.4, -0.2) is 34.6 Å². The molecule has 0 heterocycles.